The van der Waals surface area contributed by atoms with Gasteiger partial charge in [0.25, 0.3) is 5.56 Å². The van der Waals surface area contributed by atoms with E-state index < -0.39 is 0 Å². The number of aromatic nitrogens is 2. The normalized spacial score (nSPS) is 11.5. The molecule has 0 saturated heterocycles. The summed E-state index contributed by atoms with van der Waals surface area (Å²) in [5, 5.41) is 14.2. The van der Waals surface area contributed by atoms with Crippen molar-refractivity contribution in [3.8, 4) is 5.75 Å². The van der Waals surface area contributed by atoms with Crippen LogP contribution in [0.4, 0.5) is 0 Å². The fraction of sp³-hybridized carbons (Fsp3) is 0.133. The largest absolute Gasteiger partial charge is 0.508 e. The van der Waals surface area contributed by atoms with Crippen molar-refractivity contribution in [2.75, 3.05) is 0 Å². The van der Waals surface area contributed by atoms with Crippen molar-refractivity contribution >= 4 is 27.8 Å². The van der Waals surface area contributed by atoms with Gasteiger partial charge in [-0.25, -0.2) is 4.98 Å². The fourth-order valence-electron chi connectivity index (χ4n) is 2.04. The Bertz CT molecular complexity index is 909. The zero-order valence-electron chi connectivity index (χ0n) is 11.6. The standard InChI is InChI=1S/C15H13N3O2S/c1-9-10(2)21-14-13(9)15(20)18(8-16-14)17-7-11-4-3-5-12(19)6-11/h3-8,19H,1-2H3/b17-7+. The van der Waals surface area contributed by atoms with E-state index in [-0.39, 0.29) is 11.3 Å². The van der Waals surface area contributed by atoms with Crippen LogP contribution in [0.25, 0.3) is 10.2 Å². The summed E-state index contributed by atoms with van der Waals surface area (Å²) >= 11 is 1.51. The fourth-order valence-corrected chi connectivity index (χ4v) is 3.03. The van der Waals surface area contributed by atoms with Gasteiger partial charge in [-0.05, 0) is 37.1 Å². The molecule has 21 heavy (non-hydrogen) atoms. The number of nitrogens with zero attached hydrogens (tertiary/aromatic N) is 3. The van der Waals surface area contributed by atoms with Crippen molar-refractivity contribution in [3.05, 3.63) is 57.0 Å². The van der Waals surface area contributed by atoms with Crippen LogP contribution >= 0.6 is 11.3 Å². The van der Waals surface area contributed by atoms with Gasteiger partial charge in [-0.2, -0.15) is 9.78 Å². The van der Waals surface area contributed by atoms with Gasteiger partial charge in [0, 0.05) is 4.88 Å². The van der Waals surface area contributed by atoms with Gasteiger partial charge in [0.2, 0.25) is 0 Å². The summed E-state index contributed by atoms with van der Waals surface area (Å²) in [6.07, 6.45) is 2.93. The maximum absolute atomic E-state index is 12.4. The van der Waals surface area contributed by atoms with Crippen LogP contribution in [0.3, 0.4) is 0 Å². The van der Waals surface area contributed by atoms with Crippen molar-refractivity contribution in [3.63, 3.8) is 0 Å². The predicted octanol–water partition coefficient (Wildman–Crippen LogP) is 2.66. The van der Waals surface area contributed by atoms with E-state index in [2.05, 4.69) is 10.1 Å². The van der Waals surface area contributed by atoms with Gasteiger partial charge in [-0.3, -0.25) is 4.79 Å². The number of benzene rings is 1. The van der Waals surface area contributed by atoms with Gasteiger partial charge in [0.05, 0.1) is 11.6 Å². The number of phenolic OH excluding ortho intramolecular Hbond substituents is 1. The lowest BCUT2D eigenvalue weighted by atomic mass is 10.2. The van der Waals surface area contributed by atoms with Crippen LogP contribution in [0.15, 0.2) is 40.5 Å². The molecule has 0 aliphatic carbocycles. The summed E-state index contributed by atoms with van der Waals surface area (Å²) in [4.78, 5) is 18.5. The van der Waals surface area contributed by atoms with E-state index >= 15 is 0 Å². The Kier molecular flexibility index (Phi) is 3.31. The van der Waals surface area contributed by atoms with Crippen LogP contribution in [-0.4, -0.2) is 21.0 Å². The molecule has 5 nitrogen and oxygen atoms in total. The Labute approximate surface area is 124 Å². The molecule has 3 rings (SSSR count). The van der Waals surface area contributed by atoms with Crippen LogP contribution in [-0.2, 0) is 0 Å². The van der Waals surface area contributed by atoms with Crippen LogP contribution in [0.2, 0.25) is 0 Å². The molecule has 1 N–H and O–H groups in total. The second kappa shape index (κ2) is 5.14. The second-order valence-electron chi connectivity index (χ2n) is 4.70. The minimum atomic E-state index is -0.182. The van der Waals surface area contributed by atoms with Gasteiger partial charge in [-0.1, -0.05) is 12.1 Å². The molecule has 2 heterocycles. The first kappa shape index (κ1) is 13.5. The van der Waals surface area contributed by atoms with Crippen LogP contribution < -0.4 is 5.56 Å². The molecule has 0 unspecified atom stereocenters. The number of thiophene rings is 1. The Morgan fingerprint density at radius 3 is 2.95 bits per heavy atom. The highest BCUT2D eigenvalue weighted by Gasteiger charge is 2.11. The molecule has 0 aliphatic rings. The lowest BCUT2D eigenvalue weighted by Crippen LogP contribution is -2.16. The van der Waals surface area contributed by atoms with Crippen LogP contribution in [0.5, 0.6) is 5.75 Å². The summed E-state index contributed by atoms with van der Waals surface area (Å²) in [5.74, 6) is 0.157. The average Bonchev–Trinajstić information content (AvgIpc) is 2.74. The number of phenols is 1. The highest BCUT2D eigenvalue weighted by molar-refractivity contribution is 7.18. The average molecular weight is 299 g/mol. The van der Waals surface area contributed by atoms with Gasteiger partial charge >= 0.3 is 0 Å². The van der Waals surface area contributed by atoms with Gasteiger partial charge < -0.3 is 5.11 Å². The van der Waals surface area contributed by atoms with Crippen molar-refractivity contribution in [1.29, 1.82) is 0 Å². The van der Waals surface area contributed by atoms with Crippen LogP contribution in [0, 0.1) is 13.8 Å². The van der Waals surface area contributed by atoms with E-state index in [0.717, 1.165) is 15.3 Å². The molecule has 6 heteroatoms. The lowest BCUT2D eigenvalue weighted by molar-refractivity contribution is 0.475. The Balaban J connectivity index is 2.07. The maximum Gasteiger partial charge on any atom is 0.282 e. The third-order valence-corrected chi connectivity index (χ3v) is 4.39. The minimum Gasteiger partial charge on any atom is -0.508 e. The van der Waals surface area contributed by atoms with Gasteiger partial charge in [-0.15, -0.1) is 11.3 Å². The molecule has 0 amide bonds. The van der Waals surface area contributed by atoms with Gasteiger partial charge in [0.1, 0.15) is 16.9 Å². The SMILES string of the molecule is Cc1sc2ncn(/N=C/c3cccc(O)c3)c(=O)c2c1C. The highest BCUT2D eigenvalue weighted by Crippen LogP contribution is 2.25. The number of fused-ring (bicyclic) bond motifs is 1. The third-order valence-electron chi connectivity index (χ3n) is 3.27. The quantitative estimate of drug-likeness (QED) is 0.740. The van der Waals surface area contributed by atoms with Gasteiger partial charge in [0.15, 0.2) is 0 Å². The molecule has 2 aromatic heterocycles. The van der Waals surface area contributed by atoms with E-state index in [4.69, 9.17) is 0 Å². The number of hydrogen-bond donors (Lipinski definition) is 1. The van der Waals surface area contributed by atoms with Crippen molar-refractivity contribution in [1.82, 2.24) is 9.66 Å². The van der Waals surface area contributed by atoms with E-state index in [0.29, 0.717) is 10.9 Å². The van der Waals surface area contributed by atoms with Crippen molar-refractivity contribution in [2.24, 2.45) is 5.10 Å². The minimum absolute atomic E-state index is 0.157. The van der Waals surface area contributed by atoms with E-state index in [9.17, 15) is 9.90 Å². The summed E-state index contributed by atoms with van der Waals surface area (Å²) in [6, 6.07) is 6.66. The molecule has 3 aromatic rings. The lowest BCUT2D eigenvalue weighted by Gasteiger charge is -1.99. The zero-order chi connectivity index (χ0) is 15.0. The molecule has 0 saturated carbocycles. The van der Waals surface area contributed by atoms with E-state index in [1.54, 1.807) is 24.3 Å². The number of hydrogen-bond acceptors (Lipinski definition) is 5. The summed E-state index contributed by atoms with van der Waals surface area (Å²) in [6.45, 7) is 3.89. The molecule has 0 fully saturated rings. The van der Waals surface area contributed by atoms with Crippen molar-refractivity contribution in [2.45, 2.75) is 13.8 Å². The first-order chi connectivity index (χ1) is 10.1. The third kappa shape index (κ3) is 2.45. The number of aromatic hydroxyl groups is 1. The Morgan fingerprint density at radius 1 is 1.38 bits per heavy atom. The molecule has 106 valence electrons. The topological polar surface area (TPSA) is 67.5 Å². The first-order valence-corrected chi connectivity index (χ1v) is 7.18. The van der Waals surface area contributed by atoms with E-state index in [1.807, 2.05) is 13.8 Å². The molecule has 0 spiro atoms. The van der Waals surface area contributed by atoms with E-state index in [1.165, 1.54) is 28.6 Å². The molecule has 0 bridgehead atoms. The number of aryl methyl sites for hydroxylation is 2. The Morgan fingerprint density at radius 2 is 2.19 bits per heavy atom. The first-order valence-electron chi connectivity index (χ1n) is 6.37. The maximum atomic E-state index is 12.4. The molecule has 1 aromatic carbocycles. The summed E-state index contributed by atoms with van der Waals surface area (Å²) in [5.41, 5.74) is 1.48. The molecule has 0 radical (unpaired) electrons. The second-order valence-corrected chi connectivity index (χ2v) is 5.90. The molecular formula is C15H13N3O2S. The smallest absolute Gasteiger partial charge is 0.282 e. The number of rotatable bonds is 2. The zero-order valence-corrected chi connectivity index (χ0v) is 12.4. The molecule has 0 atom stereocenters. The Hall–Kier alpha value is -2.47. The summed E-state index contributed by atoms with van der Waals surface area (Å²) < 4.78 is 1.21. The van der Waals surface area contributed by atoms with Crippen molar-refractivity contribution < 1.29 is 5.11 Å². The monoisotopic (exact) mass is 299 g/mol. The summed E-state index contributed by atoms with van der Waals surface area (Å²) in [7, 11) is 0. The highest BCUT2D eigenvalue weighted by atomic mass is 32.1. The molecule has 0 aliphatic heterocycles. The predicted molar refractivity (Wildman–Crippen MR) is 84.5 cm³/mol. The molecular weight excluding hydrogens is 286 g/mol. The van der Waals surface area contributed by atoms with Crippen LogP contribution in [0.1, 0.15) is 16.0 Å².